The van der Waals surface area contributed by atoms with Crippen molar-refractivity contribution in [1.82, 2.24) is 4.90 Å². The molecule has 3 amide bonds. The Labute approximate surface area is 269 Å². The van der Waals surface area contributed by atoms with Crippen molar-refractivity contribution in [2.75, 3.05) is 23.0 Å². The van der Waals surface area contributed by atoms with Crippen molar-refractivity contribution in [3.05, 3.63) is 95.1 Å². The number of benzene rings is 3. The average molecular weight is 624 g/mol. The van der Waals surface area contributed by atoms with Crippen LogP contribution >= 0.6 is 0 Å². The molecule has 0 bridgehead atoms. The third kappa shape index (κ3) is 4.84. The Morgan fingerprint density at radius 2 is 1.70 bits per heavy atom. The number of β-lactam (4-membered cyclic amide) rings is 1. The Kier molecular flexibility index (Phi) is 7.54. The van der Waals surface area contributed by atoms with E-state index in [0.29, 0.717) is 32.5 Å². The molecule has 2 saturated heterocycles. The molecule has 0 aromatic heterocycles. The van der Waals surface area contributed by atoms with Crippen LogP contribution in [0.1, 0.15) is 55.9 Å². The van der Waals surface area contributed by atoms with E-state index in [-0.39, 0.29) is 36.8 Å². The van der Waals surface area contributed by atoms with E-state index < -0.39 is 29.1 Å². The Hall–Kier alpha value is -4.05. The number of carbonyl (C=O) groups is 3. The van der Waals surface area contributed by atoms with Crippen LogP contribution in [0.4, 0.5) is 11.4 Å². The maximum absolute atomic E-state index is 14.7. The first-order valence-electron chi connectivity index (χ1n) is 16.2. The van der Waals surface area contributed by atoms with E-state index in [9.17, 15) is 24.6 Å². The fourth-order valence-corrected chi connectivity index (χ4v) is 8.27. The molecule has 0 saturated carbocycles. The predicted octanol–water partition coefficient (Wildman–Crippen LogP) is 3.92. The normalized spacial score (nSPS) is 27.2. The summed E-state index contributed by atoms with van der Waals surface area (Å²) in [5, 5.41) is 21.7. The smallest absolute Gasteiger partial charge is 0.264 e. The first-order chi connectivity index (χ1) is 22.0. The van der Waals surface area contributed by atoms with E-state index in [1.54, 1.807) is 28.5 Å². The van der Waals surface area contributed by atoms with Crippen molar-refractivity contribution in [3.8, 4) is 0 Å². The highest BCUT2D eigenvalue weighted by Crippen LogP contribution is 2.58. The number of fused-ring (bicyclic) bond motifs is 3. The Morgan fingerprint density at radius 3 is 2.35 bits per heavy atom. The fraction of sp³-hybridized carbons (Fsp3) is 0.432. The number of carbonyl (C=O) groups excluding carboxylic acids is 3. The predicted molar refractivity (Wildman–Crippen MR) is 173 cm³/mol. The molecule has 2 fully saturated rings. The SMILES string of the molecule is C[C@@H]1[C@@H](C(C)(C)O)[C@H](CC(=O)N2Cc3ccccc3C[C@H]2CO)O[C@@]12C(=O)N(Cc1ccc(N3CCC3=O)cc1)c1ccccc12. The number of anilines is 2. The second-order valence-electron chi connectivity index (χ2n) is 13.8. The van der Waals surface area contributed by atoms with Gasteiger partial charge in [-0.2, -0.15) is 0 Å². The van der Waals surface area contributed by atoms with Crippen molar-refractivity contribution < 1.29 is 29.3 Å². The van der Waals surface area contributed by atoms with Gasteiger partial charge in [0.05, 0.1) is 43.0 Å². The van der Waals surface area contributed by atoms with Crippen LogP contribution in [0.15, 0.2) is 72.8 Å². The average Bonchev–Trinajstić information content (AvgIpc) is 3.46. The van der Waals surface area contributed by atoms with Crippen molar-refractivity contribution in [1.29, 1.82) is 0 Å². The molecule has 9 heteroatoms. The summed E-state index contributed by atoms with van der Waals surface area (Å²) < 4.78 is 6.85. The van der Waals surface area contributed by atoms with Gasteiger partial charge < -0.3 is 29.6 Å². The molecule has 4 aliphatic rings. The Morgan fingerprint density at radius 1 is 1.00 bits per heavy atom. The monoisotopic (exact) mass is 623 g/mol. The van der Waals surface area contributed by atoms with Crippen LogP contribution in [-0.4, -0.2) is 63.7 Å². The second kappa shape index (κ2) is 11.3. The van der Waals surface area contributed by atoms with Crippen LogP contribution in [0.25, 0.3) is 0 Å². The number of aliphatic hydroxyl groups excluding tert-OH is 1. The van der Waals surface area contributed by atoms with Gasteiger partial charge in [0.25, 0.3) is 5.91 Å². The van der Waals surface area contributed by atoms with Gasteiger partial charge in [-0.15, -0.1) is 0 Å². The van der Waals surface area contributed by atoms with Crippen molar-refractivity contribution in [2.24, 2.45) is 11.8 Å². The summed E-state index contributed by atoms with van der Waals surface area (Å²) in [7, 11) is 0. The molecule has 3 aromatic rings. The molecule has 7 rings (SSSR count). The van der Waals surface area contributed by atoms with Crippen LogP contribution in [0.2, 0.25) is 0 Å². The number of hydrogen-bond acceptors (Lipinski definition) is 6. The van der Waals surface area contributed by atoms with Gasteiger partial charge in [0.15, 0.2) is 5.60 Å². The molecule has 5 atom stereocenters. The number of rotatable bonds is 7. The van der Waals surface area contributed by atoms with E-state index in [4.69, 9.17) is 4.74 Å². The van der Waals surface area contributed by atoms with Gasteiger partial charge in [-0.05, 0) is 55.2 Å². The molecule has 4 aliphatic heterocycles. The summed E-state index contributed by atoms with van der Waals surface area (Å²) in [5.41, 5.74) is 2.80. The lowest BCUT2D eigenvalue weighted by Crippen LogP contribution is -2.48. The van der Waals surface area contributed by atoms with Gasteiger partial charge in [-0.1, -0.05) is 61.5 Å². The van der Waals surface area contributed by atoms with E-state index in [1.165, 1.54) is 0 Å². The molecule has 1 spiro atoms. The van der Waals surface area contributed by atoms with Gasteiger partial charge in [0, 0.05) is 42.6 Å². The molecule has 4 heterocycles. The molecule has 46 heavy (non-hydrogen) atoms. The minimum atomic E-state index is -1.37. The first kappa shape index (κ1) is 30.6. The molecule has 240 valence electrons. The molecule has 0 radical (unpaired) electrons. The number of aliphatic hydroxyl groups is 2. The van der Waals surface area contributed by atoms with Gasteiger partial charge in [-0.25, -0.2) is 0 Å². The summed E-state index contributed by atoms with van der Waals surface area (Å²) >= 11 is 0. The lowest BCUT2D eigenvalue weighted by Gasteiger charge is -2.38. The zero-order chi connectivity index (χ0) is 32.4. The third-order valence-corrected chi connectivity index (χ3v) is 10.6. The van der Waals surface area contributed by atoms with Gasteiger partial charge >= 0.3 is 0 Å². The maximum atomic E-state index is 14.7. The largest absolute Gasteiger partial charge is 0.394 e. The van der Waals surface area contributed by atoms with Gasteiger partial charge in [0.1, 0.15) is 0 Å². The van der Waals surface area contributed by atoms with Crippen molar-refractivity contribution >= 4 is 29.1 Å². The van der Waals surface area contributed by atoms with E-state index in [1.807, 2.05) is 79.7 Å². The maximum Gasteiger partial charge on any atom is 0.264 e. The summed E-state index contributed by atoms with van der Waals surface area (Å²) in [6.07, 6.45) is 0.373. The second-order valence-corrected chi connectivity index (χ2v) is 13.8. The lowest BCUT2D eigenvalue weighted by atomic mass is 9.70. The third-order valence-electron chi connectivity index (χ3n) is 10.6. The number of nitrogens with zero attached hydrogens (tertiary/aromatic N) is 3. The van der Waals surface area contributed by atoms with Crippen molar-refractivity contribution in [3.63, 3.8) is 0 Å². The van der Waals surface area contributed by atoms with Crippen LogP contribution in [0.5, 0.6) is 0 Å². The minimum absolute atomic E-state index is 0.0223. The van der Waals surface area contributed by atoms with E-state index >= 15 is 0 Å². The highest BCUT2D eigenvalue weighted by Gasteiger charge is 2.66. The van der Waals surface area contributed by atoms with Crippen LogP contribution in [-0.2, 0) is 44.2 Å². The summed E-state index contributed by atoms with van der Waals surface area (Å²) in [4.78, 5) is 45.8. The zero-order valence-corrected chi connectivity index (χ0v) is 26.6. The summed E-state index contributed by atoms with van der Waals surface area (Å²) in [6.45, 7) is 6.63. The highest BCUT2D eigenvalue weighted by molar-refractivity contribution is 6.07. The molecule has 0 unspecified atom stereocenters. The number of hydrogen-bond donors (Lipinski definition) is 2. The van der Waals surface area contributed by atoms with E-state index in [2.05, 4.69) is 0 Å². The van der Waals surface area contributed by atoms with Gasteiger partial charge in [0.2, 0.25) is 11.8 Å². The molecular formula is C37H41N3O6. The fourth-order valence-electron chi connectivity index (χ4n) is 8.27. The van der Waals surface area contributed by atoms with E-state index in [0.717, 1.165) is 33.6 Å². The standard InChI is InChI=1S/C37H41N3O6/c1-23-34(36(2,3)45)31(19-33(43)39-21-26-9-5-4-8-25(26)18-28(39)22-41)46-37(23)29-10-6-7-11-30(29)40(35(37)44)20-24-12-14-27(15-13-24)38-17-16-32(38)42/h4-15,23,28,31,34,41,45H,16-22H2,1-3H3/t23-,28+,31+,34-,37+/m1/s1. The first-order valence-corrected chi connectivity index (χ1v) is 16.2. The quantitative estimate of drug-likeness (QED) is 0.386. The topological polar surface area (TPSA) is 111 Å². The molecule has 3 aromatic carbocycles. The number of amides is 3. The zero-order valence-electron chi connectivity index (χ0n) is 26.6. The van der Waals surface area contributed by atoms with Crippen LogP contribution in [0.3, 0.4) is 0 Å². The summed E-state index contributed by atoms with van der Waals surface area (Å²) in [5.74, 6) is -1.25. The Balaban J connectivity index is 1.18. The molecule has 2 N–H and O–H groups in total. The highest BCUT2D eigenvalue weighted by atomic mass is 16.5. The molecule has 0 aliphatic carbocycles. The minimum Gasteiger partial charge on any atom is -0.394 e. The summed E-state index contributed by atoms with van der Waals surface area (Å²) in [6, 6.07) is 22.9. The van der Waals surface area contributed by atoms with Crippen LogP contribution in [0, 0.1) is 11.8 Å². The number of para-hydroxylation sites is 1. The lowest BCUT2D eigenvalue weighted by molar-refractivity contribution is -0.151. The van der Waals surface area contributed by atoms with Crippen molar-refractivity contribution in [2.45, 2.75) is 76.5 Å². The molecular weight excluding hydrogens is 582 g/mol. The number of ether oxygens (including phenoxy) is 1. The van der Waals surface area contributed by atoms with Crippen LogP contribution < -0.4 is 9.80 Å². The Bertz CT molecular complexity index is 1680. The molecule has 9 nitrogen and oxygen atoms in total. The van der Waals surface area contributed by atoms with Gasteiger partial charge in [-0.3, -0.25) is 14.4 Å².